The van der Waals surface area contributed by atoms with Crippen LogP contribution in [0.25, 0.3) is 11.1 Å². The maximum absolute atomic E-state index is 9.96. The van der Waals surface area contributed by atoms with Gasteiger partial charge in [-0.1, -0.05) is 25.1 Å². The van der Waals surface area contributed by atoms with E-state index in [4.69, 9.17) is 0 Å². The number of allylic oxidation sites excluding steroid dienone is 3. The Labute approximate surface area is 157 Å². The van der Waals surface area contributed by atoms with E-state index in [1.54, 1.807) is 37.3 Å². The summed E-state index contributed by atoms with van der Waals surface area (Å²) in [5.41, 5.74) is 3.75. The van der Waals surface area contributed by atoms with Gasteiger partial charge in [-0.3, -0.25) is 0 Å². The zero-order chi connectivity index (χ0) is 20.1. The molecule has 0 spiro atoms. The van der Waals surface area contributed by atoms with Gasteiger partial charge in [0, 0.05) is 11.6 Å². The summed E-state index contributed by atoms with van der Waals surface area (Å²) in [6.07, 6.45) is 7.15. The third-order valence-electron chi connectivity index (χ3n) is 3.41. The van der Waals surface area contributed by atoms with Gasteiger partial charge < -0.3 is 15.3 Å². The van der Waals surface area contributed by atoms with Gasteiger partial charge >= 0.3 is 0 Å². The quantitative estimate of drug-likeness (QED) is 0.362. The van der Waals surface area contributed by atoms with Crippen molar-refractivity contribution in [2.45, 2.75) is 34.1 Å². The van der Waals surface area contributed by atoms with Crippen LogP contribution in [0.15, 0.2) is 55.1 Å². The molecule has 0 heterocycles. The first-order chi connectivity index (χ1) is 12.4. The van der Waals surface area contributed by atoms with Gasteiger partial charge in [0.25, 0.3) is 0 Å². The molecular formula is C23H28O3. The standard InChI is InChI=1S/C17H18O3.C3H6.C3H4/c1-3-15(12-4-6-13(18)7-5-12)11(2)16-9-8-14(19)10-17(16)20;2*1-3-2/h4-10,18-20H,3H2,1-2H3;3H,1H2,2H3;1H,2H3/b15-11+;;. The molecule has 2 aromatic carbocycles. The van der Waals surface area contributed by atoms with Crippen LogP contribution in [0, 0.1) is 12.3 Å². The van der Waals surface area contributed by atoms with Gasteiger partial charge in [-0.15, -0.1) is 18.9 Å². The van der Waals surface area contributed by atoms with Crippen LogP contribution < -0.4 is 0 Å². The average Bonchev–Trinajstić information content (AvgIpc) is 2.58. The number of phenols is 3. The Kier molecular flexibility index (Phi) is 10.8. The Hall–Kier alpha value is -3.12. The van der Waals surface area contributed by atoms with E-state index in [-0.39, 0.29) is 17.2 Å². The highest BCUT2D eigenvalue weighted by molar-refractivity contribution is 5.91. The second-order valence-electron chi connectivity index (χ2n) is 5.40. The fourth-order valence-electron chi connectivity index (χ4n) is 2.35. The molecule has 0 aliphatic heterocycles. The molecular weight excluding hydrogens is 324 g/mol. The van der Waals surface area contributed by atoms with E-state index in [2.05, 4.69) is 18.9 Å². The first kappa shape index (κ1) is 22.9. The molecule has 0 saturated heterocycles. The highest BCUT2D eigenvalue weighted by Crippen LogP contribution is 2.35. The first-order valence-electron chi connectivity index (χ1n) is 8.32. The number of hydrogen-bond donors (Lipinski definition) is 3. The van der Waals surface area contributed by atoms with Crippen molar-refractivity contribution in [1.82, 2.24) is 0 Å². The molecule has 0 atom stereocenters. The molecule has 0 fully saturated rings. The second kappa shape index (κ2) is 12.3. The fraction of sp³-hybridized carbons (Fsp3) is 0.217. The molecule has 0 radical (unpaired) electrons. The average molecular weight is 352 g/mol. The minimum atomic E-state index is 0.0433. The smallest absolute Gasteiger partial charge is 0.126 e. The number of hydrogen-bond acceptors (Lipinski definition) is 3. The Morgan fingerprint density at radius 3 is 1.96 bits per heavy atom. The van der Waals surface area contributed by atoms with Crippen LogP contribution in [0.3, 0.4) is 0 Å². The summed E-state index contributed by atoms with van der Waals surface area (Å²) < 4.78 is 0. The van der Waals surface area contributed by atoms with E-state index in [0.717, 1.165) is 23.1 Å². The van der Waals surface area contributed by atoms with Crippen molar-refractivity contribution in [2.24, 2.45) is 0 Å². The number of rotatable bonds is 3. The van der Waals surface area contributed by atoms with Gasteiger partial charge in [0.1, 0.15) is 17.2 Å². The predicted molar refractivity (Wildman–Crippen MR) is 111 cm³/mol. The third kappa shape index (κ3) is 7.19. The number of phenolic OH excluding ortho intramolecular Hbond substituents is 3. The molecule has 0 bridgehead atoms. The molecule has 0 aromatic heterocycles. The zero-order valence-electron chi connectivity index (χ0n) is 16.0. The maximum Gasteiger partial charge on any atom is 0.126 e. The highest BCUT2D eigenvalue weighted by Gasteiger charge is 2.10. The van der Waals surface area contributed by atoms with Crippen LogP contribution in [-0.4, -0.2) is 15.3 Å². The Balaban J connectivity index is 0.000000918. The Bertz CT molecular complexity index is 763. The molecule has 0 aliphatic rings. The lowest BCUT2D eigenvalue weighted by Crippen LogP contribution is -1.89. The summed E-state index contributed by atoms with van der Waals surface area (Å²) in [6, 6.07) is 11.6. The molecule has 0 amide bonds. The van der Waals surface area contributed by atoms with Gasteiger partial charge in [-0.25, -0.2) is 0 Å². The summed E-state index contributed by atoms with van der Waals surface area (Å²) in [6.45, 7) is 10.9. The molecule has 138 valence electrons. The molecule has 3 N–H and O–H groups in total. The number of benzene rings is 2. The molecule has 2 rings (SSSR count). The third-order valence-corrected chi connectivity index (χ3v) is 3.41. The minimum Gasteiger partial charge on any atom is -0.508 e. The first-order valence-corrected chi connectivity index (χ1v) is 8.32. The molecule has 0 aliphatic carbocycles. The van der Waals surface area contributed by atoms with E-state index in [0.29, 0.717) is 5.56 Å². The molecule has 2 aromatic rings. The largest absolute Gasteiger partial charge is 0.508 e. The zero-order valence-corrected chi connectivity index (χ0v) is 16.0. The van der Waals surface area contributed by atoms with E-state index >= 15 is 0 Å². The van der Waals surface area contributed by atoms with Crippen LogP contribution in [-0.2, 0) is 0 Å². The molecule has 26 heavy (non-hydrogen) atoms. The van der Waals surface area contributed by atoms with Crippen molar-refractivity contribution < 1.29 is 15.3 Å². The number of aromatic hydroxyl groups is 3. The summed E-state index contributed by atoms with van der Waals surface area (Å²) in [7, 11) is 0. The summed E-state index contributed by atoms with van der Waals surface area (Å²) in [4.78, 5) is 0. The lowest BCUT2D eigenvalue weighted by Gasteiger charge is -2.13. The lowest BCUT2D eigenvalue weighted by molar-refractivity contribution is 0.449. The summed E-state index contributed by atoms with van der Waals surface area (Å²) in [5.74, 6) is 2.59. The van der Waals surface area contributed by atoms with Crippen molar-refractivity contribution in [3.63, 3.8) is 0 Å². The topological polar surface area (TPSA) is 60.7 Å². The van der Waals surface area contributed by atoms with Crippen molar-refractivity contribution in [2.75, 3.05) is 0 Å². The van der Waals surface area contributed by atoms with Crippen LogP contribution in [0.2, 0.25) is 0 Å². The normalized spacial score (nSPS) is 10.1. The van der Waals surface area contributed by atoms with Gasteiger partial charge in [0.2, 0.25) is 0 Å². The lowest BCUT2D eigenvalue weighted by atomic mass is 9.93. The second-order valence-corrected chi connectivity index (χ2v) is 5.40. The molecule has 3 heteroatoms. The summed E-state index contributed by atoms with van der Waals surface area (Å²) in [5, 5.41) is 28.7. The van der Waals surface area contributed by atoms with Gasteiger partial charge in [-0.2, -0.15) is 0 Å². The van der Waals surface area contributed by atoms with E-state index in [1.165, 1.54) is 6.07 Å². The fourth-order valence-corrected chi connectivity index (χ4v) is 2.35. The summed E-state index contributed by atoms with van der Waals surface area (Å²) >= 11 is 0. The van der Waals surface area contributed by atoms with Gasteiger partial charge in [-0.05, 0) is 68.2 Å². The SMILES string of the molecule is C#CC.C=CC.CC/C(=C(/C)c1ccc(O)cc1O)c1ccc(O)cc1. The number of terminal acetylenes is 1. The molecule has 0 saturated carbocycles. The molecule has 0 unspecified atom stereocenters. The van der Waals surface area contributed by atoms with Crippen molar-refractivity contribution in [1.29, 1.82) is 0 Å². The van der Waals surface area contributed by atoms with Gasteiger partial charge in [0.05, 0.1) is 0 Å². The molecule has 3 nitrogen and oxygen atoms in total. The van der Waals surface area contributed by atoms with Crippen molar-refractivity contribution in [3.8, 4) is 29.6 Å². The minimum absolute atomic E-state index is 0.0433. The maximum atomic E-state index is 9.96. The van der Waals surface area contributed by atoms with Crippen LogP contribution in [0.1, 0.15) is 45.2 Å². The predicted octanol–water partition coefficient (Wildman–Crippen LogP) is 5.98. The Morgan fingerprint density at radius 1 is 1.08 bits per heavy atom. The van der Waals surface area contributed by atoms with Crippen LogP contribution >= 0.6 is 0 Å². The van der Waals surface area contributed by atoms with E-state index in [1.807, 2.05) is 32.9 Å². The van der Waals surface area contributed by atoms with E-state index < -0.39 is 0 Å². The van der Waals surface area contributed by atoms with Gasteiger partial charge in [0.15, 0.2) is 0 Å². The van der Waals surface area contributed by atoms with Crippen molar-refractivity contribution in [3.05, 3.63) is 66.2 Å². The van der Waals surface area contributed by atoms with Crippen LogP contribution in [0.5, 0.6) is 17.2 Å². The van der Waals surface area contributed by atoms with Crippen LogP contribution in [0.4, 0.5) is 0 Å². The monoisotopic (exact) mass is 352 g/mol. The highest BCUT2D eigenvalue weighted by atomic mass is 16.3. The Morgan fingerprint density at radius 2 is 1.54 bits per heavy atom. The van der Waals surface area contributed by atoms with E-state index in [9.17, 15) is 15.3 Å². The van der Waals surface area contributed by atoms with Crippen molar-refractivity contribution >= 4 is 11.1 Å².